The molecule has 0 amide bonds. The number of rotatable bonds is 9. The molecule has 0 radical (unpaired) electrons. The van der Waals surface area contributed by atoms with Gasteiger partial charge in [0.15, 0.2) is 11.5 Å². The van der Waals surface area contributed by atoms with Crippen molar-refractivity contribution in [3.8, 4) is 11.5 Å². The normalized spacial score (nSPS) is 10.7. The van der Waals surface area contributed by atoms with Crippen LogP contribution in [0.2, 0.25) is 0 Å². The Morgan fingerprint density at radius 2 is 1.67 bits per heavy atom. The highest BCUT2D eigenvalue weighted by atomic mass is 16.5. The Bertz CT molecular complexity index is 326. The summed E-state index contributed by atoms with van der Waals surface area (Å²) < 4.78 is 11.5. The number of hydrogen-bond donors (Lipinski definition) is 1. The van der Waals surface area contributed by atoms with Crippen LogP contribution < -0.4 is 15.2 Å². The summed E-state index contributed by atoms with van der Waals surface area (Å²) in [5.41, 5.74) is 5.45. The van der Waals surface area contributed by atoms with Crippen LogP contribution in [0.25, 0.3) is 0 Å². The molecule has 0 heterocycles. The van der Waals surface area contributed by atoms with Gasteiger partial charge in [0.25, 0.3) is 0 Å². The monoisotopic (exact) mass is 251 g/mol. The number of benzene rings is 1. The van der Waals surface area contributed by atoms with E-state index in [1.165, 1.54) is 12.8 Å². The van der Waals surface area contributed by atoms with Crippen molar-refractivity contribution in [2.45, 2.75) is 45.6 Å². The lowest BCUT2D eigenvalue weighted by molar-refractivity contribution is 0.219. The van der Waals surface area contributed by atoms with Crippen molar-refractivity contribution in [2.24, 2.45) is 5.73 Å². The standard InChI is InChI=1S/C15H25NO2/c1-13(2)18-15-10-6-5-9-14(15)17-12-8-4-3-7-11-16/h5-6,9-10,13H,3-4,7-8,11-12,16H2,1-2H3. The Morgan fingerprint density at radius 1 is 1.00 bits per heavy atom. The van der Waals surface area contributed by atoms with Crippen LogP contribution in [0.15, 0.2) is 24.3 Å². The van der Waals surface area contributed by atoms with E-state index in [2.05, 4.69) is 0 Å². The smallest absolute Gasteiger partial charge is 0.161 e. The molecule has 1 aromatic rings. The molecule has 0 aliphatic carbocycles. The molecule has 0 saturated carbocycles. The predicted octanol–water partition coefficient (Wildman–Crippen LogP) is 3.37. The largest absolute Gasteiger partial charge is 0.490 e. The summed E-state index contributed by atoms with van der Waals surface area (Å²) in [6, 6.07) is 7.84. The molecule has 0 saturated heterocycles. The second-order valence-corrected chi connectivity index (χ2v) is 4.66. The Kier molecular flexibility index (Phi) is 7.26. The van der Waals surface area contributed by atoms with Gasteiger partial charge in [-0.25, -0.2) is 0 Å². The van der Waals surface area contributed by atoms with Gasteiger partial charge >= 0.3 is 0 Å². The lowest BCUT2D eigenvalue weighted by Crippen LogP contribution is -2.07. The van der Waals surface area contributed by atoms with E-state index < -0.39 is 0 Å². The summed E-state index contributed by atoms with van der Waals surface area (Å²) in [5, 5.41) is 0. The Labute approximate surface area is 110 Å². The van der Waals surface area contributed by atoms with Crippen LogP contribution in [0.1, 0.15) is 39.5 Å². The topological polar surface area (TPSA) is 44.5 Å². The molecule has 1 rings (SSSR count). The fraction of sp³-hybridized carbons (Fsp3) is 0.600. The predicted molar refractivity (Wildman–Crippen MR) is 75.2 cm³/mol. The molecule has 0 fully saturated rings. The van der Waals surface area contributed by atoms with Crippen molar-refractivity contribution in [2.75, 3.05) is 13.2 Å². The van der Waals surface area contributed by atoms with Crippen LogP contribution in [0.5, 0.6) is 11.5 Å². The third-order valence-corrected chi connectivity index (χ3v) is 2.57. The van der Waals surface area contributed by atoms with Crippen LogP contribution >= 0.6 is 0 Å². The molecule has 3 nitrogen and oxygen atoms in total. The average Bonchev–Trinajstić information content (AvgIpc) is 2.35. The first-order valence-corrected chi connectivity index (χ1v) is 6.82. The molecule has 3 heteroatoms. The second-order valence-electron chi connectivity index (χ2n) is 4.66. The molecule has 0 aliphatic heterocycles. The van der Waals surface area contributed by atoms with Gasteiger partial charge in [0, 0.05) is 0 Å². The molecule has 18 heavy (non-hydrogen) atoms. The Balaban J connectivity index is 2.32. The van der Waals surface area contributed by atoms with E-state index in [-0.39, 0.29) is 6.10 Å². The lowest BCUT2D eigenvalue weighted by atomic mass is 10.2. The fourth-order valence-corrected chi connectivity index (χ4v) is 1.70. The highest BCUT2D eigenvalue weighted by molar-refractivity contribution is 5.39. The SMILES string of the molecule is CC(C)Oc1ccccc1OCCCCCCN. The minimum atomic E-state index is 0.166. The molecule has 0 aliphatic rings. The fourth-order valence-electron chi connectivity index (χ4n) is 1.70. The average molecular weight is 251 g/mol. The first kappa shape index (κ1) is 14.8. The van der Waals surface area contributed by atoms with E-state index in [1.807, 2.05) is 38.1 Å². The van der Waals surface area contributed by atoms with Gasteiger partial charge in [-0.15, -0.1) is 0 Å². The third kappa shape index (κ3) is 5.92. The van der Waals surface area contributed by atoms with E-state index in [4.69, 9.17) is 15.2 Å². The van der Waals surface area contributed by atoms with Crippen molar-refractivity contribution in [3.05, 3.63) is 24.3 Å². The van der Waals surface area contributed by atoms with Crippen LogP contribution in [0.4, 0.5) is 0 Å². The van der Waals surface area contributed by atoms with Crippen LogP contribution in [-0.4, -0.2) is 19.3 Å². The summed E-state index contributed by atoms with van der Waals surface area (Å²) in [7, 11) is 0. The first-order chi connectivity index (χ1) is 8.74. The Morgan fingerprint density at radius 3 is 2.33 bits per heavy atom. The van der Waals surface area contributed by atoms with E-state index >= 15 is 0 Å². The first-order valence-electron chi connectivity index (χ1n) is 6.82. The summed E-state index contributed by atoms with van der Waals surface area (Å²) in [4.78, 5) is 0. The summed E-state index contributed by atoms with van der Waals surface area (Å²) in [6.07, 6.45) is 4.69. The van der Waals surface area contributed by atoms with Crippen molar-refractivity contribution >= 4 is 0 Å². The molecule has 2 N–H and O–H groups in total. The summed E-state index contributed by atoms with van der Waals surface area (Å²) >= 11 is 0. The van der Waals surface area contributed by atoms with E-state index in [0.29, 0.717) is 0 Å². The molecular formula is C15H25NO2. The van der Waals surface area contributed by atoms with Gasteiger partial charge < -0.3 is 15.2 Å². The van der Waals surface area contributed by atoms with Gasteiger partial charge in [-0.3, -0.25) is 0 Å². The number of hydrogen-bond acceptors (Lipinski definition) is 3. The van der Waals surface area contributed by atoms with Gasteiger partial charge in [0.1, 0.15) is 0 Å². The minimum Gasteiger partial charge on any atom is -0.490 e. The van der Waals surface area contributed by atoms with Gasteiger partial charge in [-0.05, 0) is 45.4 Å². The molecule has 102 valence electrons. The minimum absolute atomic E-state index is 0.166. The molecule has 0 bridgehead atoms. The zero-order chi connectivity index (χ0) is 13.2. The Hall–Kier alpha value is -1.22. The molecular weight excluding hydrogens is 226 g/mol. The molecule has 0 atom stereocenters. The third-order valence-electron chi connectivity index (χ3n) is 2.57. The number of ether oxygens (including phenoxy) is 2. The summed E-state index contributed by atoms with van der Waals surface area (Å²) in [5.74, 6) is 1.67. The van der Waals surface area contributed by atoms with Crippen LogP contribution in [-0.2, 0) is 0 Å². The zero-order valence-electron chi connectivity index (χ0n) is 11.5. The number of unbranched alkanes of at least 4 members (excludes halogenated alkanes) is 3. The summed E-state index contributed by atoms with van der Waals surface area (Å²) in [6.45, 7) is 5.56. The van der Waals surface area contributed by atoms with E-state index in [0.717, 1.165) is 37.5 Å². The van der Waals surface area contributed by atoms with Gasteiger partial charge in [-0.2, -0.15) is 0 Å². The zero-order valence-corrected chi connectivity index (χ0v) is 11.5. The maximum atomic E-state index is 5.76. The van der Waals surface area contributed by atoms with Crippen molar-refractivity contribution in [3.63, 3.8) is 0 Å². The quantitative estimate of drug-likeness (QED) is 0.684. The number of para-hydroxylation sites is 2. The lowest BCUT2D eigenvalue weighted by Gasteiger charge is -2.14. The van der Waals surface area contributed by atoms with Gasteiger partial charge in [-0.1, -0.05) is 25.0 Å². The van der Waals surface area contributed by atoms with Crippen molar-refractivity contribution < 1.29 is 9.47 Å². The van der Waals surface area contributed by atoms with Crippen molar-refractivity contribution in [1.29, 1.82) is 0 Å². The number of nitrogens with two attached hydrogens (primary N) is 1. The maximum absolute atomic E-state index is 5.76. The van der Waals surface area contributed by atoms with Crippen LogP contribution in [0, 0.1) is 0 Å². The van der Waals surface area contributed by atoms with Gasteiger partial charge in [0.05, 0.1) is 12.7 Å². The molecule has 0 spiro atoms. The highest BCUT2D eigenvalue weighted by Crippen LogP contribution is 2.27. The molecule has 0 unspecified atom stereocenters. The second kappa shape index (κ2) is 8.81. The van der Waals surface area contributed by atoms with E-state index in [9.17, 15) is 0 Å². The molecule has 1 aromatic carbocycles. The van der Waals surface area contributed by atoms with E-state index in [1.54, 1.807) is 0 Å². The van der Waals surface area contributed by atoms with Crippen molar-refractivity contribution in [1.82, 2.24) is 0 Å². The maximum Gasteiger partial charge on any atom is 0.161 e. The highest BCUT2D eigenvalue weighted by Gasteiger charge is 2.05. The van der Waals surface area contributed by atoms with Gasteiger partial charge in [0.2, 0.25) is 0 Å². The molecule has 0 aromatic heterocycles. The van der Waals surface area contributed by atoms with Crippen LogP contribution in [0.3, 0.4) is 0 Å².